The maximum Gasteiger partial charge on any atom is 1.00 e. The average Bonchev–Trinajstić information content (AvgIpc) is 4.08. The molecule has 4 aromatic rings. The van der Waals surface area contributed by atoms with Gasteiger partial charge in [0.15, 0.2) is 0 Å². The van der Waals surface area contributed by atoms with Crippen molar-refractivity contribution >= 4 is 29.3 Å². The van der Waals surface area contributed by atoms with E-state index >= 15 is 0 Å². The third kappa shape index (κ3) is 14.0. The first-order valence-corrected chi connectivity index (χ1v) is 20.3. The van der Waals surface area contributed by atoms with E-state index in [9.17, 15) is 14.0 Å². The van der Waals surface area contributed by atoms with Crippen molar-refractivity contribution in [1.29, 1.82) is 0 Å². The number of anilines is 3. The predicted molar refractivity (Wildman–Crippen MR) is 231 cm³/mol. The Balaban J connectivity index is 0.000000253. The van der Waals surface area contributed by atoms with Crippen LogP contribution in [-0.4, -0.2) is 108 Å². The van der Waals surface area contributed by atoms with Crippen molar-refractivity contribution in [2.24, 2.45) is 5.34 Å². The van der Waals surface area contributed by atoms with Crippen LogP contribution in [0.15, 0.2) is 53.9 Å². The molecule has 4 aliphatic rings. The minimum absolute atomic E-state index is 0. The molecule has 0 aliphatic carbocycles. The van der Waals surface area contributed by atoms with Gasteiger partial charge in [0.1, 0.15) is 30.7 Å². The molecular weight excluding hydrogens is 827 g/mol. The van der Waals surface area contributed by atoms with Crippen LogP contribution in [0.4, 0.5) is 21.8 Å². The van der Waals surface area contributed by atoms with Gasteiger partial charge in [-0.15, -0.1) is 5.34 Å². The first-order chi connectivity index (χ1) is 29.7. The number of benzene rings is 2. The average molecular weight is 883 g/mol. The van der Waals surface area contributed by atoms with E-state index in [1.165, 1.54) is 54.8 Å². The van der Waals surface area contributed by atoms with Gasteiger partial charge in [-0.05, 0) is 74.1 Å². The van der Waals surface area contributed by atoms with Gasteiger partial charge in [0.25, 0.3) is 0 Å². The summed E-state index contributed by atoms with van der Waals surface area (Å²) >= 11 is 0. The zero-order valence-corrected chi connectivity index (χ0v) is 37.6. The molecule has 0 radical (unpaired) electrons. The first-order valence-electron chi connectivity index (χ1n) is 20.3. The van der Waals surface area contributed by atoms with Gasteiger partial charge in [0, 0.05) is 32.9 Å². The number of halogens is 1. The van der Waals surface area contributed by atoms with E-state index in [1.54, 1.807) is 19.1 Å². The Morgan fingerprint density at radius 2 is 1.00 bits per heavy atom. The number of likely N-dealkylation sites (tertiary alicyclic amines) is 2. The fourth-order valence-corrected chi connectivity index (χ4v) is 7.54. The maximum absolute atomic E-state index is 14.3. The molecule has 0 saturated carbocycles. The van der Waals surface area contributed by atoms with Crippen molar-refractivity contribution in [3.63, 3.8) is 0 Å². The number of amides is 2. The molecule has 0 bridgehead atoms. The number of nitrogen functional groups attached to an aromatic ring is 1. The van der Waals surface area contributed by atoms with Gasteiger partial charge in [-0.3, -0.25) is 29.2 Å². The number of methoxy groups -OCH3 is 2. The third-order valence-corrected chi connectivity index (χ3v) is 10.7. The van der Waals surface area contributed by atoms with E-state index in [0.717, 1.165) is 42.6 Å². The van der Waals surface area contributed by atoms with Gasteiger partial charge in [0.2, 0.25) is 17.8 Å². The number of fused-ring (bicyclic) bond motifs is 2. The molecule has 63 heavy (non-hydrogen) atoms. The van der Waals surface area contributed by atoms with E-state index in [2.05, 4.69) is 66.1 Å². The molecule has 0 unspecified atom stereocenters. The predicted octanol–water partition coefficient (Wildman–Crippen LogP) is 1.99. The second kappa shape index (κ2) is 25.4. The molecule has 0 atom stereocenters. The van der Waals surface area contributed by atoms with Crippen LogP contribution in [0.3, 0.4) is 0 Å². The second-order valence-corrected chi connectivity index (χ2v) is 15.0. The van der Waals surface area contributed by atoms with E-state index in [-0.39, 0.29) is 91.6 Å². The number of hydrogen-bond donors (Lipinski definition) is 1. The second-order valence-electron chi connectivity index (χ2n) is 15.0. The van der Waals surface area contributed by atoms with Crippen molar-refractivity contribution in [3.8, 4) is 12.0 Å². The Morgan fingerprint density at radius 1 is 0.635 bits per heavy atom. The zero-order chi connectivity index (χ0) is 43.1. The summed E-state index contributed by atoms with van der Waals surface area (Å²) in [4.78, 5) is 57.7. The summed E-state index contributed by atoms with van der Waals surface area (Å²) < 4.78 is 35.1. The number of nitrogens with zero attached hydrogens (tertiary/aromatic N) is 9. The number of hydrogen-bond acceptors (Lipinski definition) is 16. The molecule has 2 amide bonds. The van der Waals surface area contributed by atoms with Gasteiger partial charge in [-0.2, -0.15) is 24.3 Å². The van der Waals surface area contributed by atoms with Gasteiger partial charge in [-0.1, -0.05) is 56.0 Å². The Labute approximate surface area is 389 Å². The van der Waals surface area contributed by atoms with Crippen LogP contribution in [0.25, 0.3) is 0 Å². The van der Waals surface area contributed by atoms with Crippen molar-refractivity contribution in [2.75, 3.05) is 82.4 Å². The van der Waals surface area contributed by atoms with Crippen LogP contribution in [0.2, 0.25) is 0 Å². The van der Waals surface area contributed by atoms with E-state index in [1.807, 2.05) is 12.1 Å². The molecule has 4 aliphatic heterocycles. The number of nitrogens with two attached hydrogens (primary N) is 1. The summed E-state index contributed by atoms with van der Waals surface area (Å²) in [6.45, 7) is 8.68. The van der Waals surface area contributed by atoms with Crippen molar-refractivity contribution in [2.45, 2.75) is 72.1 Å². The fourth-order valence-electron chi connectivity index (χ4n) is 7.54. The van der Waals surface area contributed by atoms with Crippen molar-refractivity contribution < 1.29 is 62.5 Å². The van der Waals surface area contributed by atoms with Crippen LogP contribution < -0.4 is 54.6 Å². The summed E-state index contributed by atoms with van der Waals surface area (Å²) in [6, 6.07) is 16.7. The first kappa shape index (κ1) is 50.8. The summed E-state index contributed by atoms with van der Waals surface area (Å²) in [5, 5.41) is 9.00. The SMILES string of the molecule is C.COCCOc1nc(F)c2c(n1)N(Cc1ccc(CN3CCCC3)cc1)C(=O)C2.COCCOc1nc(N)c2c(n1)N(Cc1ccc(CN3CCCC3)cc1)C(=O)C2.O=N[O-].[Na+]. The Morgan fingerprint density at radius 3 is 1.41 bits per heavy atom. The van der Waals surface area contributed by atoms with Crippen molar-refractivity contribution in [3.05, 3.63) is 98.0 Å². The smallest absolute Gasteiger partial charge is 0.461 e. The summed E-state index contributed by atoms with van der Waals surface area (Å²) in [6.07, 6.45) is 5.29. The maximum atomic E-state index is 14.3. The van der Waals surface area contributed by atoms with E-state index in [4.69, 9.17) is 34.8 Å². The third-order valence-electron chi connectivity index (χ3n) is 10.7. The van der Waals surface area contributed by atoms with Crippen LogP contribution in [0.1, 0.15) is 66.5 Å². The fraction of sp³-hybridized carbons (Fsp3) is 0.488. The molecular formula is C43H56FN10NaO8. The summed E-state index contributed by atoms with van der Waals surface area (Å²) in [7, 11) is 3.14. The minimum Gasteiger partial charge on any atom is -0.461 e. The van der Waals surface area contributed by atoms with Crippen LogP contribution in [0.5, 0.6) is 12.0 Å². The van der Waals surface area contributed by atoms with E-state index in [0.29, 0.717) is 50.1 Å². The summed E-state index contributed by atoms with van der Waals surface area (Å²) in [5.41, 5.74) is 11.5. The molecule has 2 saturated heterocycles. The molecule has 2 aromatic carbocycles. The quantitative estimate of drug-likeness (QED) is 0.0560. The number of rotatable bonds is 16. The zero-order valence-electron chi connectivity index (χ0n) is 35.6. The monoisotopic (exact) mass is 882 g/mol. The van der Waals surface area contributed by atoms with Gasteiger partial charge in [-0.25, -0.2) is 0 Å². The molecule has 0 spiro atoms. The largest absolute Gasteiger partial charge is 1.00 e. The molecule has 334 valence electrons. The van der Waals surface area contributed by atoms with E-state index < -0.39 is 5.95 Å². The van der Waals surface area contributed by atoms with Crippen LogP contribution in [0, 0.1) is 16.1 Å². The molecule has 2 aromatic heterocycles. The molecule has 8 rings (SSSR count). The van der Waals surface area contributed by atoms with Gasteiger partial charge < -0.3 is 34.8 Å². The Bertz CT molecular complexity index is 1950. The van der Waals surface area contributed by atoms with Gasteiger partial charge >= 0.3 is 41.6 Å². The molecule has 20 heteroatoms. The Kier molecular flexibility index (Phi) is 20.5. The molecule has 18 nitrogen and oxygen atoms in total. The summed E-state index contributed by atoms with van der Waals surface area (Å²) in [5.74, 6) is 0.185. The standard InChI is InChI=1S/C21H25FN4O3.C21H27N5O3.CH4.HNO2.Na/c2*1-28-10-11-29-21-23-19(22)17-12-18(27)26(20(17)24-21)14-16-6-4-15(5-7-16)13-25-8-2-3-9-25;;2-1-3;/h4-7H,2-3,8-14H2,1H3;4-7H,2-3,8-14H2,1H3,(H2,22,23,24);1H4;(H,2,3);/q;;;;+1/p-1. The Hall–Kier alpha value is -4.89. The number of aromatic nitrogens is 4. The van der Waals surface area contributed by atoms with Crippen LogP contribution >= 0.6 is 0 Å². The van der Waals surface area contributed by atoms with Crippen LogP contribution in [-0.2, 0) is 58.1 Å². The molecule has 6 heterocycles. The number of ether oxygens (including phenoxy) is 4. The topological polar surface area (TPSA) is 214 Å². The molecule has 2 fully saturated rings. The number of carbonyl (C=O) groups is 2. The normalized spacial score (nSPS) is 15.3. The van der Waals surface area contributed by atoms with Gasteiger partial charge in [0.05, 0.1) is 44.7 Å². The molecule has 2 N–H and O–H groups in total. The van der Waals surface area contributed by atoms with Crippen molar-refractivity contribution in [1.82, 2.24) is 29.7 Å². The number of carbonyl (C=O) groups excluding carboxylic acids is 2. The minimum atomic E-state index is -0.709.